The van der Waals surface area contributed by atoms with Crippen molar-refractivity contribution in [1.29, 1.82) is 0 Å². The molecule has 8 heteroatoms. The van der Waals surface area contributed by atoms with Gasteiger partial charge in [-0.25, -0.2) is 13.1 Å². The number of nitrogens with zero attached hydrogens (tertiary/aromatic N) is 1. The zero-order valence-electron chi connectivity index (χ0n) is 17.3. The molecule has 0 radical (unpaired) electrons. The molecule has 31 heavy (non-hydrogen) atoms. The first-order chi connectivity index (χ1) is 14.9. The zero-order chi connectivity index (χ0) is 21.8. The first kappa shape index (κ1) is 21.5. The maximum Gasteiger partial charge on any atom is 0.247 e. The fourth-order valence-electron chi connectivity index (χ4n) is 3.77. The number of carbonyl (C=O) groups excluding carboxylic acids is 2. The van der Waals surface area contributed by atoms with Crippen LogP contribution in [0.1, 0.15) is 49.3 Å². The topological polar surface area (TPSA) is 95.6 Å². The van der Waals surface area contributed by atoms with E-state index in [0.29, 0.717) is 13.0 Å². The molecule has 2 N–H and O–H groups in total. The number of amides is 2. The van der Waals surface area contributed by atoms with Gasteiger partial charge in [-0.1, -0.05) is 42.5 Å². The number of rotatable bonds is 8. The van der Waals surface area contributed by atoms with Crippen molar-refractivity contribution >= 4 is 21.8 Å². The first-order valence-electron chi connectivity index (χ1n) is 10.7. The van der Waals surface area contributed by atoms with Crippen molar-refractivity contribution in [2.75, 3.05) is 6.54 Å². The van der Waals surface area contributed by atoms with Crippen molar-refractivity contribution in [2.45, 2.75) is 55.6 Å². The van der Waals surface area contributed by atoms with Gasteiger partial charge in [0.25, 0.3) is 0 Å². The van der Waals surface area contributed by atoms with Gasteiger partial charge in [0, 0.05) is 25.6 Å². The molecule has 4 rings (SSSR count). The second-order valence-corrected chi connectivity index (χ2v) is 9.83. The molecule has 2 aliphatic rings. The Kier molecular flexibility index (Phi) is 6.38. The van der Waals surface area contributed by atoms with E-state index in [0.717, 1.165) is 36.8 Å². The third kappa shape index (κ3) is 5.32. The molecule has 1 aliphatic heterocycles. The smallest absolute Gasteiger partial charge is 0.247 e. The van der Waals surface area contributed by atoms with Crippen LogP contribution in [-0.2, 0) is 26.2 Å². The molecule has 7 nitrogen and oxygen atoms in total. The minimum atomic E-state index is -3.50. The third-order valence-corrected chi connectivity index (χ3v) is 7.17. The summed E-state index contributed by atoms with van der Waals surface area (Å²) < 4.78 is 27.2. The molecule has 2 aromatic carbocycles. The van der Waals surface area contributed by atoms with Crippen LogP contribution in [0.15, 0.2) is 59.5 Å². The summed E-state index contributed by atoms with van der Waals surface area (Å²) in [5, 5.41) is 2.92. The SMILES string of the molecule is O=C(NCc1ccc(S(=O)(=O)NC2CC2)cc1)C(c1ccccc1)N1CCCCC1=O. The molecule has 1 aliphatic carbocycles. The van der Waals surface area contributed by atoms with Crippen LogP contribution in [0.4, 0.5) is 0 Å². The minimum Gasteiger partial charge on any atom is -0.350 e. The number of likely N-dealkylation sites (tertiary alicyclic amines) is 1. The lowest BCUT2D eigenvalue weighted by atomic mass is 10.0. The van der Waals surface area contributed by atoms with Gasteiger partial charge in [0.15, 0.2) is 0 Å². The van der Waals surface area contributed by atoms with E-state index >= 15 is 0 Å². The average molecular weight is 442 g/mol. The summed E-state index contributed by atoms with van der Waals surface area (Å²) in [5.74, 6) is -0.249. The van der Waals surface area contributed by atoms with Crippen LogP contribution in [0.25, 0.3) is 0 Å². The Balaban J connectivity index is 1.44. The van der Waals surface area contributed by atoms with Crippen LogP contribution in [0.5, 0.6) is 0 Å². The summed E-state index contributed by atoms with van der Waals surface area (Å²) in [7, 11) is -3.50. The first-order valence-corrected chi connectivity index (χ1v) is 12.2. The van der Waals surface area contributed by atoms with Gasteiger partial charge in [0.2, 0.25) is 21.8 Å². The van der Waals surface area contributed by atoms with Gasteiger partial charge in [0.1, 0.15) is 6.04 Å². The highest BCUT2D eigenvalue weighted by molar-refractivity contribution is 7.89. The lowest BCUT2D eigenvalue weighted by Gasteiger charge is -2.34. The Morgan fingerprint density at radius 2 is 1.74 bits per heavy atom. The molecule has 2 amide bonds. The monoisotopic (exact) mass is 441 g/mol. The fraction of sp³-hybridized carbons (Fsp3) is 0.391. The maximum atomic E-state index is 13.1. The van der Waals surface area contributed by atoms with Crippen LogP contribution >= 0.6 is 0 Å². The van der Waals surface area contributed by atoms with E-state index in [1.165, 1.54) is 0 Å². The van der Waals surface area contributed by atoms with E-state index < -0.39 is 16.1 Å². The van der Waals surface area contributed by atoms with Gasteiger partial charge in [-0.05, 0) is 48.9 Å². The summed E-state index contributed by atoms with van der Waals surface area (Å²) in [6.07, 6.45) is 3.95. The fourth-order valence-corrected chi connectivity index (χ4v) is 5.07. The van der Waals surface area contributed by atoms with Crippen molar-refractivity contribution in [3.8, 4) is 0 Å². The molecule has 1 atom stereocenters. The van der Waals surface area contributed by atoms with Gasteiger partial charge >= 0.3 is 0 Å². The largest absolute Gasteiger partial charge is 0.350 e. The summed E-state index contributed by atoms with van der Waals surface area (Å²) >= 11 is 0. The summed E-state index contributed by atoms with van der Waals surface area (Å²) in [6, 6.07) is 15.2. The normalized spacial score (nSPS) is 17.9. The molecular formula is C23H27N3O4S. The number of nitrogens with one attached hydrogen (secondary N) is 2. The Bertz CT molecular complexity index is 1030. The van der Waals surface area contributed by atoms with Crippen molar-refractivity contribution in [3.05, 3.63) is 65.7 Å². The van der Waals surface area contributed by atoms with Crippen molar-refractivity contribution in [1.82, 2.24) is 14.9 Å². The molecule has 0 spiro atoms. The van der Waals surface area contributed by atoms with Crippen molar-refractivity contribution < 1.29 is 18.0 Å². The molecule has 0 aromatic heterocycles. The predicted molar refractivity (Wildman–Crippen MR) is 116 cm³/mol. The molecule has 1 heterocycles. The second-order valence-electron chi connectivity index (χ2n) is 8.11. The quantitative estimate of drug-likeness (QED) is 0.658. The number of benzene rings is 2. The molecule has 1 saturated heterocycles. The molecule has 2 aromatic rings. The summed E-state index contributed by atoms with van der Waals surface area (Å²) in [6.45, 7) is 0.812. The number of carbonyl (C=O) groups is 2. The summed E-state index contributed by atoms with van der Waals surface area (Å²) in [5.41, 5.74) is 1.57. The van der Waals surface area contributed by atoms with E-state index in [1.807, 2.05) is 30.3 Å². The molecule has 164 valence electrons. The highest BCUT2D eigenvalue weighted by atomic mass is 32.2. The number of sulfonamides is 1. The average Bonchev–Trinajstić information content (AvgIpc) is 3.58. The predicted octanol–water partition coefficient (Wildman–Crippen LogP) is 2.50. The standard InChI is InChI=1S/C23H27N3O4S/c27-21-8-4-5-15-26(21)22(18-6-2-1-3-7-18)23(28)24-16-17-9-13-20(14-10-17)31(29,30)25-19-11-12-19/h1-3,6-7,9-10,13-14,19,22,25H,4-5,8,11-12,15-16H2,(H,24,28). The maximum absolute atomic E-state index is 13.1. The van der Waals surface area contributed by atoms with Crippen LogP contribution in [0, 0.1) is 0 Å². The Morgan fingerprint density at radius 1 is 1.03 bits per heavy atom. The van der Waals surface area contributed by atoms with E-state index in [4.69, 9.17) is 0 Å². The highest BCUT2D eigenvalue weighted by Gasteiger charge is 2.32. The lowest BCUT2D eigenvalue weighted by Crippen LogP contribution is -2.45. The number of hydrogen-bond acceptors (Lipinski definition) is 4. The highest BCUT2D eigenvalue weighted by Crippen LogP contribution is 2.26. The van der Waals surface area contributed by atoms with Crippen molar-refractivity contribution in [3.63, 3.8) is 0 Å². The van der Waals surface area contributed by atoms with Crippen LogP contribution in [-0.4, -0.2) is 37.7 Å². The number of hydrogen-bond donors (Lipinski definition) is 2. The Morgan fingerprint density at radius 3 is 2.39 bits per heavy atom. The van der Waals surface area contributed by atoms with E-state index in [9.17, 15) is 18.0 Å². The molecule has 2 fully saturated rings. The lowest BCUT2D eigenvalue weighted by molar-refractivity contribution is -0.142. The second kappa shape index (κ2) is 9.20. The number of piperidine rings is 1. The zero-order valence-corrected chi connectivity index (χ0v) is 18.1. The minimum absolute atomic E-state index is 0.00650. The van der Waals surface area contributed by atoms with Crippen LogP contribution in [0.3, 0.4) is 0 Å². The molecule has 1 unspecified atom stereocenters. The van der Waals surface area contributed by atoms with Gasteiger partial charge in [-0.15, -0.1) is 0 Å². The van der Waals surface area contributed by atoms with E-state index in [-0.39, 0.29) is 29.3 Å². The Labute approximate surface area is 182 Å². The molecule has 0 bridgehead atoms. The van der Waals surface area contributed by atoms with Gasteiger partial charge in [-0.2, -0.15) is 0 Å². The summed E-state index contributed by atoms with van der Waals surface area (Å²) in [4.78, 5) is 27.5. The third-order valence-electron chi connectivity index (χ3n) is 5.63. The molecule has 1 saturated carbocycles. The van der Waals surface area contributed by atoms with E-state index in [2.05, 4.69) is 10.0 Å². The van der Waals surface area contributed by atoms with Crippen LogP contribution < -0.4 is 10.0 Å². The van der Waals surface area contributed by atoms with Gasteiger partial charge in [-0.3, -0.25) is 9.59 Å². The molecular weight excluding hydrogens is 414 g/mol. The van der Waals surface area contributed by atoms with Gasteiger partial charge in [0.05, 0.1) is 4.90 Å². The Hall–Kier alpha value is -2.71. The van der Waals surface area contributed by atoms with Gasteiger partial charge < -0.3 is 10.2 Å². The van der Waals surface area contributed by atoms with Crippen LogP contribution in [0.2, 0.25) is 0 Å². The van der Waals surface area contributed by atoms with E-state index in [1.54, 1.807) is 29.2 Å². The van der Waals surface area contributed by atoms with Crippen molar-refractivity contribution in [2.24, 2.45) is 0 Å².